The third kappa shape index (κ3) is 5.18. The maximum absolute atomic E-state index is 12.0. The average Bonchev–Trinajstić information content (AvgIpc) is 2.79. The van der Waals surface area contributed by atoms with Crippen LogP contribution in [-0.4, -0.2) is 8.76 Å². The van der Waals surface area contributed by atoms with E-state index in [1.807, 2.05) is 0 Å². The fraction of sp³-hybridized carbons (Fsp3) is 0. The Labute approximate surface area is 188 Å². The first kappa shape index (κ1) is 21.2. The molecule has 0 bridgehead atoms. The predicted molar refractivity (Wildman–Crippen MR) is 126 cm³/mol. The second-order valence-electron chi connectivity index (χ2n) is 6.84. The van der Waals surface area contributed by atoms with Gasteiger partial charge < -0.3 is 25.5 Å². The molecule has 0 spiro atoms. The number of ether oxygens (including phenoxy) is 2. The number of nitrogen functional groups attached to an aromatic ring is 2. The number of nitrogens with two attached hydrogens (primary N) is 2. The zero-order valence-electron chi connectivity index (χ0n) is 16.9. The van der Waals surface area contributed by atoms with Crippen molar-refractivity contribution in [1.82, 2.24) is 0 Å². The zero-order valence-corrected chi connectivity index (χ0v) is 17.7. The molecule has 0 saturated heterocycles. The van der Waals surface area contributed by atoms with Crippen LogP contribution in [0.5, 0.6) is 23.0 Å². The summed E-state index contributed by atoms with van der Waals surface area (Å²) in [7, 11) is 0. The lowest BCUT2D eigenvalue weighted by atomic mass is 10.2. The minimum Gasteiger partial charge on any atom is -0.755 e. The lowest BCUT2D eigenvalue weighted by Gasteiger charge is -2.26. The summed E-state index contributed by atoms with van der Waals surface area (Å²) in [5, 5.41) is 0. The van der Waals surface area contributed by atoms with Crippen molar-refractivity contribution in [2.24, 2.45) is 0 Å². The van der Waals surface area contributed by atoms with E-state index in [-0.39, 0.29) is 0 Å². The minimum atomic E-state index is -2.53. The van der Waals surface area contributed by atoms with Gasteiger partial charge >= 0.3 is 0 Å². The van der Waals surface area contributed by atoms with Gasteiger partial charge in [-0.15, -0.1) is 0 Å². The largest absolute Gasteiger partial charge is 0.755 e. The highest BCUT2D eigenvalue weighted by Gasteiger charge is 2.11. The van der Waals surface area contributed by atoms with Crippen molar-refractivity contribution >= 4 is 34.0 Å². The van der Waals surface area contributed by atoms with Crippen LogP contribution in [0.4, 0.5) is 22.7 Å². The molecule has 0 aliphatic heterocycles. The van der Waals surface area contributed by atoms with E-state index < -0.39 is 11.3 Å². The molecule has 4 N–H and O–H groups in total. The zero-order chi connectivity index (χ0) is 22.5. The predicted octanol–water partition coefficient (Wildman–Crippen LogP) is 5.37. The van der Waals surface area contributed by atoms with Crippen molar-refractivity contribution in [2.75, 3.05) is 15.8 Å². The Morgan fingerprint density at radius 1 is 0.562 bits per heavy atom. The number of hydrogen-bond donors (Lipinski definition) is 2. The first-order valence-electron chi connectivity index (χ1n) is 9.64. The Morgan fingerprint density at radius 3 is 1.12 bits per heavy atom. The molecule has 1 atom stereocenters. The second kappa shape index (κ2) is 9.42. The maximum atomic E-state index is 12.0. The molecule has 4 rings (SSSR count). The van der Waals surface area contributed by atoms with Crippen molar-refractivity contribution in [1.29, 1.82) is 0 Å². The van der Waals surface area contributed by atoms with Gasteiger partial charge in [0.1, 0.15) is 23.0 Å². The van der Waals surface area contributed by atoms with E-state index in [4.69, 9.17) is 20.9 Å². The summed E-state index contributed by atoms with van der Waals surface area (Å²) >= 11 is -2.53. The normalized spacial score (nSPS) is 11.5. The number of hydrogen-bond acceptors (Lipinski definition) is 6. The van der Waals surface area contributed by atoms with Crippen LogP contribution in [0.2, 0.25) is 0 Å². The first-order chi connectivity index (χ1) is 15.5. The monoisotopic (exact) mass is 446 g/mol. The lowest BCUT2D eigenvalue weighted by Crippen LogP contribution is -2.19. The Hall–Kier alpha value is -4.01. The van der Waals surface area contributed by atoms with Crippen LogP contribution < -0.4 is 25.2 Å². The molecule has 0 fully saturated rings. The number of anilines is 4. The van der Waals surface area contributed by atoms with Crippen molar-refractivity contribution in [3.8, 4) is 23.0 Å². The van der Waals surface area contributed by atoms with Gasteiger partial charge in [0.15, 0.2) is 0 Å². The van der Waals surface area contributed by atoms with Gasteiger partial charge in [-0.1, -0.05) is 0 Å². The lowest BCUT2D eigenvalue weighted by molar-refractivity contribution is 0.482. The molecule has 7 nitrogen and oxygen atoms in total. The van der Waals surface area contributed by atoms with Crippen LogP contribution in [0, 0.1) is 0 Å². The fourth-order valence-corrected chi connectivity index (χ4v) is 3.55. The van der Waals surface area contributed by atoms with Gasteiger partial charge in [-0.3, -0.25) is 8.51 Å². The van der Waals surface area contributed by atoms with E-state index in [1.165, 1.54) is 4.31 Å². The average molecular weight is 447 g/mol. The van der Waals surface area contributed by atoms with Crippen LogP contribution in [0.25, 0.3) is 0 Å². The van der Waals surface area contributed by atoms with E-state index in [1.54, 1.807) is 97.1 Å². The molecule has 0 aliphatic rings. The highest BCUT2D eigenvalue weighted by Crippen LogP contribution is 2.32. The molecule has 1 unspecified atom stereocenters. The van der Waals surface area contributed by atoms with E-state index in [0.717, 1.165) is 0 Å². The molecular weight excluding hydrogens is 426 g/mol. The van der Waals surface area contributed by atoms with Crippen molar-refractivity contribution in [2.45, 2.75) is 0 Å². The Kier molecular flexibility index (Phi) is 6.25. The summed E-state index contributed by atoms with van der Waals surface area (Å²) in [4.78, 5) is 0. The molecule has 0 saturated carbocycles. The topological polar surface area (TPSA) is 114 Å². The highest BCUT2D eigenvalue weighted by molar-refractivity contribution is 7.81. The number of benzene rings is 4. The summed E-state index contributed by atoms with van der Waals surface area (Å²) in [6.07, 6.45) is 0. The molecular formula is C24H20N3O4S-. The van der Waals surface area contributed by atoms with Gasteiger partial charge in [-0.25, -0.2) is 0 Å². The Balaban J connectivity index is 1.49. The minimum absolute atomic E-state index is 0.468. The third-order valence-corrected chi connectivity index (χ3v) is 5.24. The number of nitrogens with zero attached hydrogens (tertiary/aromatic N) is 1. The molecule has 0 aromatic heterocycles. The van der Waals surface area contributed by atoms with Crippen LogP contribution in [-0.2, 0) is 11.3 Å². The van der Waals surface area contributed by atoms with Gasteiger partial charge in [-0.2, -0.15) is 0 Å². The van der Waals surface area contributed by atoms with Crippen molar-refractivity contribution in [3.05, 3.63) is 97.1 Å². The molecule has 0 amide bonds. The SMILES string of the molecule is Nc1ccc(Oc2ccc(N(c3ccc(Oc4ccc(N)cc4)cc3)S(=O)[O-])cc2)cc1. The smallest absolute Gasteiger partial charge is 0.127 e. The fourth-order valence-electron chi connectivity index (χ4n) is 2.96. The molecule has 0 aliphatic carbocycles. The maximum Gasteiger partial charge on any atom is 0.127 e. The summed E-state index contributed by atoms with van der Waals surface area (Å²) in [5.74, 6) is 2.41. The van der Waals surface area contributed by atoms with E-state index in [9.17, 15) is 8.76 Å². The Bertz CT molecular complexity index is 1110. The van der Waals surface area contributed by atoms with Crippen molar-refractivity contribution < 1.29 is 18.2 Å². The summed E-state index contributed by atoms with van der Waals surface area (Å²) in [6.45, 7) is 0. The Morgan fingerprint density at radius 2 is 0.844 bits per heavy atom. The van der Waals surface area contributed by atoms with Gasteiger partial charge in [-0.05, 0) is 97.1 Å². The molecule has 8 heteroatoms. The van der Waals surface area contributed by atoms with Crippen LogP contribution in [0.1, 0.15) is 0 Å². The standard InChI is InChI=1S/C24H21N3O4S/c25-17-1-9-21(10-2-17)30-23-13-5-19(6-14-23)27(32(28)29)20-7-15-24(16-8-20)31-22-11-3-18(26)4-12-22/h1-16H,25-26H2,(H,28,29)/p-1. The van der Waals surface area contributed by atoms with Gasteiger partial charge in [0, 0.05) is 11.4 Å². The molecule has 0 radical (unpaired) electrons. The summed E-state index contributed by atoms with van der Waals surface area (Å²) in [6, 6.07) is 27.5. The van der Waals surface area contributed by atoms with Gasteiger partial charge in [0.25, 0.3) is 0 Å². The third-order valence-electron chi connectivity index (χ3n) is 4.52. The second-order valence-corrected chi connectivity index (χ2v) is 7.64. The van der Waals surface area contributed by atoms with Gasteiger partial charge in [0.05, 0.1) is 22.6 Å². The first-order valence-corrected chi connectivity index (χ1v) is 10.7. The molecule has 4 aromatic carbocycles. The quantitative estimate of drug-likeness (QED) is 0.291. The molecule has 162 valence electrons. The van der Waals surface area contributed by atoms with Crippen LogP contribution in [0.15, 0.2) is 97.1 Å². The summed E-state index contributed by atoms with van der Waals surface area (Å²) in [5.41, 5.74) is 13.6. The van der Waals surface area contributed by atoms with E-state index in [0.29, 0.717) is 45.7 Å². The van der Waals surface area contributed by atoms with Crippen LogP contribution in [0.3, 0.4) is 0 Å². The summed E-state index contributed by atoms with van der Waals surface area (Å²) < 4.78 is 36.6. The molecule has 0 heterocycles. The van der Waals surface area contributed by atoms with Crippen molar-refractivity contribution in [3.63, 3.8) is 0 Å². The molecule has 32 heavy (non-hydrogen) atoms. The van der Waals surface area contributed by atoms with E-state index in [2.05, 4.69) is 0 Å². The van der Waals surface area contributed by atoms with E-state index >= 15 is 0 Å². The van der Waals surface area contributed by atoms with Gasteiger partial charge in [0.2, 0.25) is 0 Å². The highest BCUT2D eigenvalue weighted by atomic mass is 32.2. The molecule has 4 aromatic rings. The van der Waals surface area contributed by atoms with Crippen LogP contribution >= 0.6 is 0 Å². The number of rotatable bonds is 7.